The number of fused-ring (bicyclic) bond motifs is 1. The summed E-state index contributed by atoms with van der Waals surface area (Å²) in [4.78, 5) is 25.8. The molecular weight excluding hydrogens is 394 g/mol. The lowest BCUT2D eigenvalue weighted by molar-refractivity contribution is 0.0608. The molecule has 0 spiro atoms. The quantitative estimate of drug-likeness (QED) is 0.716. The van der Waals surface area contributed by atoms with E-state index in [0.29, 0.717) is 10.6 Å². The Hall–Kier alpha value is -2.15. The third-order valence-corrected chi connectivity index (χ3v) is 4.62. The van der Waals surface area contributed by atoms with Gasteiger partial charge in [0.1, 0.15) is 0 Å². The number of hydrogen-bond acceptors (Lipinski definition) is 3. The van der Waals surface area contributed by atoms with Crippen LogP contribution in [0.2, 0.25) is 10.0 Å². The highest BCUT2D eigenvalue weighted by molar-refractivity contribution is 6.31. The Kier molecular flexibility index (Phi) is 5.16. The monoisotopic (exact) mass is 410 g/mol. The molecule has 0 fully saturated rings. The first-order valence-corrected chi connectivity index (χ1v) is 8.92. The fraction of sp³-hybridized carbons (Fsp3) is 0.263. The first-order valence-electron chi connectivity index (χ1n) is 8.16. The van der Waals surface area contributed by atoms with E-state index in [-0.39, 0.29) is 29.0 Å². The molecule has 0 aliphatic rings. The van der Waals surface area contributed by atoms with Crippen molar-refractivity contribution in [3.05, 3.63) is 78.7 Å². The van der Waals surface area contributed by atoms with E-state index in [0.717, 1.165) is 9.13 Å². The fourth-order valence-electron chi connectivity index (χ4n) is 2.90. The van der Waals surface area contributed by atoms with Gasteiger partial charge < -0.3 is 5.11 Å². The number of nitrogens with zero attached hydrogens (tertiary/aromatic N) is 2. The minimum atomic E-state index is -1.31. The maximum Gasteiger partial charge on any atom is 0.331 e. The van der Waals surface area contributed by atoms with Crippen molar-refractivity contribution < 1.29 is 9.50 Å². The Labute approximate surface area is 164 Å². The topological polar surface area (TPSA) is 64.2 Å². The Bertz CT molecular complexity index is 1130. The van der Waals surface area contributed by atoms with E-state index >= 15 is 0 Å². The van der Waals surface area contributed by atoms with E-state index in [1.54, 1.807) is 24.3 Å². The second-order valence-electron chi connectivity index (χ2n) is 6.96. The van der Waals surface area contributed by atoms with Crippen LogP contribution >= 0.6 is 23.2 Å². The van der Waals surface area contributed by atoms with Crippen molar-refractivity contribution in [1.29, 1.82) is 0 Å². The smallest absolute Gasteiger partial charge is 0.331 e. The van der Waals surface area contributed by atoms with Gasteiger partial charge in [0.15, 0.2) is 5.82 Å². The molecule has 3 aromatic rings. The highest BCUT2D eigenvalue weighted by atomic mass is 35.5. The molecule has 1 heterocycles. The van der Waals surface area contributed by atoms with Crippen LogP contribution in [0.25, 0.3) is 10.9 Å². The summed E-state index contributed by atoms with van der Waals surface area (Å²) < 4.78 is 16.7. The van der Waals surface area contributed by atoms with Crippen molar-refractivity contribution in [3.63, 3.8) is 0 Å². The first-order chi connectivity index (χ1) is 12.6. The molecule has 0 radical (unpaired) electrons. The molecule has 0 amide bonds. The molecule has 0 saturated carbocycles. The van der Waals surface area contributed by atoms with Crippen LogP contribution in [0.3, 0.4) is 0 Å². The molecule has 2 aromatic carbocycles. The summed E-state index contributed by atoms with van der Waals surface area (Å²) in [5.41, 5.74) is -2.21. The van der Waals surface area contributed by atoms with Crippen molar-refractivity contribution >= 4 is 34.1 Å². The summed E-state index contributed by atoms with van der Waals surface area (Å²) >= 11 is 11.7. The molecule has 1 aromatic heterocycles. The van der Waals surface area contributed by atoms with E-state index in [1.807, 2.05) is 0 Å². The van der Waals surface area contributed by atoms with Gasteiger partial charge in [0.05, 0.1) is 34.6 Å². The van der Waals surface area contributed by atoms with Gasteiger partial charge in [0, 0.05) is 5.02 Å². The van der Waals surface area contributed by atoms with Crippen LogP contribution in [0.4, 0.5) is 4.39 Å². The number of halogens is 3. The van der Waals surface area contributed by atoms with Gasteiger partial charge in [-0.25, -0.2) is 9.18 Å². The van der Waals surface area contributed by atoms with Crippen molar-refractivity contribution in [2.45, 2.75) is 32.5 Å². The van der Waals surface area contributed by atoms with E-state index in [2.05, 4.69) is 0 Å². The number of aliphatic hydroxyl groups is 1. The Morgan fingerprint density at radius 3 is 2.26 bits per heavy atom. The SMILES string of the molecule is CC(C)(O)Cn1c(=O)n(Cc2ccc(Cl)cc2)c(=O)c2ccc(Cl)c(F)c21. The lowest BCUT2D eigenvalue weighted by Crippen LogP contribution is -2.43. The van der Waals surface area contributed by atoms with E-state index < -0.39 is 22.7 Å². The molecule has 0 unspecified atom stereocenters. The molecule has 0 atom stereocenters. The maximum atomic E-state index is 14.7. The Morgan fingerprint density at radius 1 is 1.04 bits per heavy atom. The van der Waals surface area contributed by atoms with Crippen molar-refractivity contribution in [2.75, 3.05) is 0 Å². The van der Waals surface area contributed by atoms with Gasteiger partial charge in [-0.05, 0) is 43.7 Å². The van der Waals surface area contributed by atoms with Crippen molar-refractivity contribution in [3.8, 4) is 0 Å². The second kappa shape index (κ2) is 7.11. The number of hydrogen-bond donors (Lipinski definition) is 1. The highest BCUT2D eigenvalue weighted by Crippen LogP contribution is 2.23. The molecule has 1 N–H and O–H groups in total. The Morgan fingerprint density at radius 2 is 1.67 bits per heavy atom. The van der Waals surface area contributed by atoms with Crippen LogP contribution in [0.15, 0.2) is 46.0 Å². The summed E-state index contributed by atoms with van der Waals surface area (Å²) in [6.45, 7) is 2.76. The molecule has 0 saturated heterocycles. The summed E-state index contributed by atoms with van der Waals surface area (Å²) in [6, 6.07) is 9.34. The van der Waals surface area contributed by atoms with Crippen LogP contribution < -0.4 is 11.2 Å². The molecule has 0 aliphatic heterocycles. The molecule has 0 bridgehead atoms. The fourth-order valence-corrected chi connectivity index (χ4v) is 3.17. The average Bonchev–Trinajstić information content (AvgIpc) is 2.59. The van der Waals surface area contributed by atoms with Crippen LogP contribution in [0, 0.1) is 5.82 Å². The molecule has 5 nitrogen and oxygen atoms in total. The van der Waals surface area contributed by atoms with Gasteiger partial charge >= 0.3 is 5.69 Å². The van der Waals surface area contributed by atoms with Crippen LogP contribution in [-0.2, 0) is 13.1 Å². The van der Waals surface area contributed by atoms with Gasteiger partial charge in [-0.3, -0.25) is 13.9 Å². The zero-order valence-electron chi connectivity index (χ0n) is 14.7. The normalized spacial score (nSPS) is 11.9. The molecular formula is C19H17Cl2FN2O3. The van der Waals surface area contributed by atoms with Crippen LogP contribution in [-0.4, -0.2) is 19.8 Å². The largest absolute Gasteiger partial charge is 0.389 e. The molecule has 8 heteroatoms. The molecule has 142 valence electrons. The molecule has 3 rings (SSSR count). The Balaban J connectivity index is 2.32. The summed E-state index contributed by atoms with van der Waals surface area (Å²) in [6.07, 6.45) is 0. The summed E-state index contributed by atoms with van der Waals surface area (Å²) in [5.74, 6) is -0.869. The number of aromatic nitrogens is 2. The lowest BCUT2D eigenvalue weighted by atomic mass is 10.1. The third-order valence-electron chi connectivity index (χ3n) is 4.08. The number of rotatable bonds is 4. The summed E-state index contributed by atoms with van der Waals surface area (Å²) in [5, 5.41) is 10.5. The lowest BCUT2D eigenvalue weighted by Gasteiger charge is -2.22. The van der Waals surface area contributed by atoms with E-state index in [1.165, 1.54) is 26.0 Å². The van der Waals surface area contributed by atoms with Gasteiger partial charge in [-0.2, -0.15) is 0 Å². The highest BCUT2D eigenvalue weighted by Gasteiger charge is 2.23. The van der Waals surface area contributed by atoms with E-state index in [9.17, 15) is 19.1 Å². The standard InChI is InChI=1S/C19H17Cl2FN2O3/c1-19(2,27)10-24-16-13(7-8-14(21)15(16)22)17(25)23(18(24)26)9-11-3-5-12(20)6-4-11/h3-8,27H,9-10H2,1-2H3. The van der Waals surface area contributed by atoms with Crippen LogP contribution in [0.5, 0.6) is 0 Å². The second-order valence-corrected chi connectivity index (χ2v) is 7.80. The van der Waals surface area contributed by atoms with Crippen molar-refractivity contribution in [2.24, 2.45) is 0 Å². The molecule has 0 aliphatic carbocycles. The van der Waals surface area contributed by atoms with Gasteiger partial charge in [-0.15, -0.1) is 0 Å². The van der Waals surface area contributed by atoms with E-state index in [4.69, 9.17) is 23.2 Å². The minimum Gasteiger partial charge on any atom is -0.389 e. The molecule has 27 heavy (non-hydrogen) atoms. The average molecular weight is 411 g/mol. The van der Waals surface area contributed by atoms with Gasteiger partial charge in [0.25, 0.3) is 5.56 Å². The summed E-state index contributed by atoms with van der Waals surface area (Å²) in [7, 11) is 0. The minimum absolute atomic E-state index is 0.00899. The predicted molar refractivity (Wildman–Crippen MR) is 104 cm³/mol. The first kappa shape index (κ1) is 19.6. The van der Waals surface area contributed by atoms with Crippen LogP contribution in [0.1, 0.15) is 19.4 Å². The van der Waals surface area contributed by atoms with Crippen molar-refractivity contribution in [1.82, 2.24) is 9.13 Å². The third kappa shape index (κ3) is 3.93. The number of benzene rings is 2. The maximum absolute atomic E-state index is 14.7. The van der Waals surface area contributed by atoms with Gasteiger partial charge in [-0.1, -0.05) is 35.3 Å². The zero-order chi connectivity index (χ0) is 19.9. The zero-order valence-corrected chi connectivity index (χ0v) is 16.2. The predicted octanol–water partition coefficient (Wildman–Crippen LogP) is 3.43. The van der Waals surface area contributed by atoms with Gasteiger partial charge in [0.2, 0.25) is 0 Å².